The Kier molecular flexibility index (Phi) is 4.72. The second-order valence-electron chi connectivity index (χ2n) is 4.35. The van der Waals surface area contributed by atoms with E-state index in [0.29, 0.717) is 17.7 Å². The SMILES string of the molecule is CC(C)CNCc1nnc(OCc2ccco2)s1. The number of nitrogens with one attached hydrogen (secondary N) is 1. The zero-order valence-electron chi connectivity index (χ0n) is 10.5. The van der Waals surface area contributed by atoms with Crippen molar-refractivity contribution in [2.24, 2.45) is 5.92 Å². The van der Waals surface area contributed by atoms with E-state index in [-0.39, 0.29) is 0 Å². The molecule has 2 aromatic rings. The van der Waals surface area contributed by atoms with Crippen LogP contribution in [-0.2, 0) is 13.2 Å². The molecule has 2 rings (SSSR count). The molecule has 0 bridgehead atoms. The van der Waals surface area contributed by atoms with Crippen LogP contribution in [0.25, 0.3) is 0 Å². The first-order valence-electron chi connectivity index (χ1n) is 5.92. The van der Waals surface area contributed by atoms with E-state index in [1.807, 2.05) is 12.1 Å². The number of furan rings is 1. The average Bonchev–Trinajstić information content (AvgIpc) is 2.96. The van der Waals surface area contributed by atoms with Crippen molar-refractivity contribution >= 4 is 11.3 Å². The molecule has 0 amide bonds. The zero-order valence-corrected chi connectivity index (χ0v) is 11.4. The quantitative estimate of drug-likeness (QED) is 0.835. The zero-order chi connectivity index (χ0) is 12.8. The Morgan fingerprint density at radius 1 is 1.44 bits per heavy atom. The smallest absolute Gasteiger partial charge is 0.294 e. The van der Waals surface area contributed by atoms with Crippen LogP contribution in [0.3, 0.4) is 0 Å². The molecule has 0 aliphatic heterocycles. The minimum atomic E-state index is 0.390. The Balaban J connectivity index is 1.75. The summed E-state index contributed by atoms with van der Waals surface area (Å²) in [7, 11) is 0. The molecule has 1 N–H and O–H groups in total. The number of rotatable bonds is 7. The van der Waals surface area contributed by atoms with E-state index in [2.05, 4.69) is 29.4 Å². The van der Waals surface area contributed by atoms with Crippen LogP contribution in [0.15, 0.2) is 22.8 Å². The van der Waals surface area contributed by atoms with Crippen LogP contribution >= 0.6 is 11.3 Å². The van der Waals surface area contributed by atoms with Gasteiger partial charge in [-0.2, -0.15) is 0 Å². The summed E-state index contributed by atoms with van der Waals surface area (Å²) >= 11 is 1.46. The molecule has 0 atom stereocenters. The molecule has 0 unspecified atom stereocenters. The highest BCUT2D eigenvalue weighted by Gasteiger charge is 2.06. The van der Waals surface area contributed by atoms with Gasteiger partial charge in [0.05, 0.1) is 6.26 Å². The van der Waals surface area contributed by atoms with E-state index < -0.39 is 0 Å². The number of hydrogen-bond acceptors (Lipinski definition) is 6. The minimum absolute atomic E-state index is 0.390. The third-order valence-corrected chi connectivity index (χ3v) is 3.03. The maximum absolute atomic E-state index is 5.48. The second-order valence-corrected chi connectivity index (χ2v) is 5.38. The lowest BCUT2D eigenvalue weighted by molar-refractivity contribution is 0.267. The Morgan fingerprint density at radius 2 is 2.33 bits per heavy atom. The van der Waals surface area contributed by atoms with Gasteiger partial charge in [-0.1, -0.05) is 30.3 Å². The van der Waals surface area contributed by atoms with E-state index >= 15 is 0 Å². The van der Waals surface area contributed by atoms with Gasteiger partial charge in [-0.15, -0.1) is 5.10 Å². The Bertz CT molecular complexity index is 454. The first kappa shape index (κ1) is 13.0. The largest absolute Gasteiger partial charge is 0.466 e. The molecule has 0 saturated carbocycles. The highest BCUT2D eigenvalue weighted by atomic mass is 32.1. The topological polar surface area (TPSA) is 60.2 Å². The summed E-state index contributed by atoms with van der Waals surface area (Å²) in [4.78, 5) is 0. The summed E-state index contributed by atoms with van der Waals surface area (Å²) < 4.78 is 10.7. The molecule has 0 aromatic carbocycles. The third-order valence-electron chi connectivity index (χ3n) is 2.20. The summed E-state index contributed by atoms with van der Waals surface area (Å²) in [5.74, 6) is 1.41. The Morgan fingerprint density at radius 3 is 3.06 bits per heavy atom. The van der Waals surface area contributed by atoms with Crippen molar-refractivity contribution in [2.75, 3.05) is 6.54 Å². The normalized spacial score (nSPS) is 11.1. The van der Waals surface area contributed by atoms with Gasteiger partial charge in [0.1, 0.15) is 17.4 Å². The van der Waals surface area contributed by atoms with E-state index in [4.69, 9.17) is 9.15 Å². The Hall–Kier alpha value is -1.40. The van der Waals surface area contributed by atoms with Crippen molar-refractivity contribution in [3.05, 3.63) is 29.2 Å². The maximum Gasteiger partial charge on any atom is 0.294 e. The number of ether oxygens (including phenoxy) is 1. The van der Waals surface area contributed by atoms with Gasteiger partial charge < -0.3 is 14.5 Å². The summed E-state index contributed by atoms with van der Waals surface area (Å²) in [6.07, 6.45) is 1.63. The summed E-state index contributed by atoms with van der Waals surface area (Å²) in [6.45, 7) is 6.44. The molecular formula is C12H17N3O2S. The molecule has 0 radical (unpaired) electrons. The van der Waals surface area contributed by atoms with Crippen LogP contribution in [0.5, 0.6) is 5.19 Å². The molecule has 0 aliphatic carbocycles. The minimum Gasteiger partial charge on any atom is -0.466 e. The summed E-state index contributed by atoms with van der Waals surface area (Å²) in [6, 6.07) is 3.70. The van der Waals surface area contributed by atoms with Gasteiger partial charge >= 0.3 is 0 Å². The fraction of sp³-hybridized carbons (Fsp3) is 0.500. The van der Waals surface area contributed by atoms with Gasteiger partial charge in [-0.25, -0.2) is 0 Å². The predicted octanol–water partition coefficient (Wildman–Crippen LogP) is 2.46. The van der Waals surface area contributed by atoms with Gasteiger partial charge in [-0.05, 0) is 24.6 Å². The van der Waals surface area contributed by atoms with Crippen LogP contribution < -0.4 is 10.1 Å². The van der Waals surface area contributed by atoms with Crippen LogP contribution in [0.1, 0.15) is 24.6 Å². The van der Waals surface area contributed by atoms with Crippen LogP contribution in [0.4, 0.5) is 0 Å². The molecule has 98 valence electrons. The summed E-state index contributed by atoms with van der Waals surface area (Å²) in [5.41, 5.74) is 0. The van der Waals surface area contributed by atoms with Crippen molar-refractivity contribution in [1.82, 2.24) is 15.5 Å². The first-order valence-corrected chi connectivity index (χ1v) is 6.74. The van der Waals surface area contributed by atoms with Crippen LogP contribution in [0.2, 0.25) is 0 Å². The van der Waals surface area contributed by atoms with Gasteiger partial charge in [0.2, 0.25) is 0 Å². The lowest BCUT2D eigenvalue weighted by atomic mass is 10.2. The standard InChI is InChI=1S/C12H17N3O2S/c1-9(2)6-13-7-11-14-15-12(18-11)17-8-10-4-3-5-16-10/h3-5,9,13H,6-8H2,1-2H3. The third kappa shape index (κ3) is 4.12. The Labute approximate surface area is 110 Å². The van der Waals surface area contributed by atoms with E-state index in [0.717, 1.165) is 23.9 Å². The monoisotopic (exact) mass is 267 g/mol. The van der Waals surface area contributed by atoms with Crippen molar-refractivity contribution in [3.8, 4) is 5.19 Å². The first-order chi connectivity index (χ1) is 8.74. The maximum atomic E-state index is 5.48. The van der Waals surface area contributed by atoms with Crippen LogP contribution in [-0.4, -0.2) is 16.7 Å². The molecular weight excluding hydrogens is 250 g/mol. The van der Waals surface area contributed by atoms with Crippen molar-refractivity contribution in [1.29, 1.82) is 0 Å². The fourth-order valence-corrected chi connectivity index (χ4v) is 2.02. The van der Waals surface area contributed by atoms with Crippen LogP contribution in [0, 0.1) is 5.92 Å². The summed E-state index contributed by atoms with van der Waals surface area (Å²) in [5, 5.41) is 12.9. The van der Waals surface area contributed by atoms with E-state index in [9.17, 15) is 0 Å². The molecule has 5 nitrogen and oxygen atoms in total. The molecule has 0 saturated heterocycles. The number of nitrogens with zero attached hydrogens (tertiary/aromatic N) is 2. The van der Waals surface area contributed by atoms with Gasteiger partial charge in [-0.3, -0.25) is 0 Å². The number of hydrogen-bond donors (Lipinski definition) is 1. The van der Waals surface area contributed by atoms with Gasteiger partial charge in [0.15, 0.2) is 0 Å². The van der Waals surface area contributed by atoms with Crippen molar-refractivity contribution in [3.63, 3.8) is 0 Å². The van der Waals surface area contributed by atoms with Crippen molar-refractivity contribution in [2.45, 2.75) is 27.0 Å². The molecule has 2 aromatic heterocycles. The molecule has 6 heteroatoms. The molecule has 18 heavy (non-hydrogen) atoms. The molecule has 0 aliphatic rings. The molecule has 2 heterocycles. The predicted molar refractivity (Wildman–Crippen MR) is 69.5 cm³/mol. The highest BCUT2D eigenvalue weighted by Crippen LogP contribution is 2.19. The molecule has 0 fully saturated rings. The van der Waals surface area contributed by atoms with Crippen molar-refractivity contribution < 1.29 is 9.15 Å². The molecule has 0 spiro atoms. The lowest BCUT2D eigenvalue weighted by Crippen LogP contribution is -2.18. The second kappa shape index (κ2) is 6.51. The van der Waals surface area contributed by atoms with E-state index in [1.165, 1.54) is 11.3 Å². The van der Waals surface area contributed by atoms with Gasteiger partial charge in [0, 0.05) is 6.54 Å². The van der Waals surface area contributed by atoms with Gasteiger partial charge in [0.25, 0.3) is 5.19 Å². The average molecular weight is 267 g/mol. The number of aromatic nitrogens is 2. The fourth-order valence-electron chi connectivity index (χ4n) is 1.36. The van der Waals surface area contributed by atoms with E-state index in [1.54, 1.807) is 6.26 Å². The highest BCUT2D eigenvalue weighted by molar-refractivity contribution is 7.13. The lowest BCUT2D eigenvalue weighted by Gasteiger charge is -2.03.